The van der Waals surface area contributed by atoms with Crippen LogP contribution in [0.1, 0.15) is 5.56 Å². The molecule has 0 atom stereocenters. The lowest BCUT2D eigenvalue weighted by molar-refractivity contribution is 0.282. The highest BCUT2D eigenvalue weighted by Gasteiger charge is 2.12. The van der Waals surface area contributed by atoms with E-state index in [1.165, 1.54) is 0 Å². The fourth-order valence-electron chi connectivity index (χ4n) is 2.17. The second-order valence-electron chi connectivity index (χ2n) is 4.60. The van der Waals surface area contributed by atoms with E-state index in [9.17, 15) is 5.11 Å². The number of aliphatic hydroxyl groups excluding tert-OH is 1. The molecule has 0 aliphatic carbocycles. The molecule has 21 heavy (non-hydrogen) atoms. The first-order valence-electron chi connectivity index (χ1n) is 6.38. The average molecular weight is 319 g/mol. The van der Waals surface area contributed by atoms with Crippen LogP contribution in [0.5, 0.6) is 0 Å². The number of rotatable bonds is 3. The molecule has 1 aromatic heterocycles. The van der Waals surface area contributed by atoms with E-state index in [0.717, 1.165) is 16.8 Å². The summed E-state index contributed by atoms with van der Waals surface area (Å²) in [5.41, 5.74) is 3.10. The third kappa shape index (κ3) is 2.95. The second-order valence-corrected chi connectivity index (χ2v) is 5.47. The first-order chi connectivity index (χ1) is 10.2. The third-order valence-electron chi connectivity index (χ3n) is 3.12. The predicted octanol–water partition coefficient (Wildman–Crippen LogP) is 4.34. The first-order valence-corrected chi connectivity index (χ1v) is 7.14. The van der Waals surface area contributed by atoms with Gasteiger partial charge < -0.3 is 5.11 Å². The van der Waals surface area contributed by atoms with Crippen LogP contribution in [-0.4, -0.2) is 14.9 Å². The van der Waals surface area contributed by atoms with E-state index in [2.05, 4.69) is 5.10 Å². The van der Waals surface area contributed by atoms with Gasteiger partial charge in [0.1, 0.15) is 0 Å². The number of aliphatic hydroxyl groups is 1. The van der Waals surface area contributed by atoms with Crippen LogP contribution >= 0.6 is 23.2 Å². The smallest absolute Gasteiger partial charge is 0.0983 e. The van der Waals surface area contributed by atoms with Crippen LogP contribution < -0.4 is 0 Å². The molecule has 0 saturated heterocycles. The minimum absolute atomic E-state index is 0.105. The summed E-state index contributed by atoms with van der Waals surface area (Å²) in [4.78, 5) is 0. The minimum atomic E-state index is -0.105. The maximum atomic E-state index is 9.56. The molecule has 0 radical (unpaired) electrons. The summed E-state index contributed by atoms with van der Waals surface area (Å²) in [5, 5.41) is 15.2. The van der Waals surface area contributed by atoms with Crippen molar-refractivity contribution in [3.05, 3.63) is 70.3 Å². The van der Waals surface area contributed by atoms with Gasteiger partial charge in [0.05, 0.1) is 18.0 Å². The SMILES string of the molecule is OCc1cn(-c2ccccc2)nc1-c1cc(Cl)cc(Cl)c1. The molecule has 1 heterocycles. The lowest BCUT2D eigenvalue weighted by Crippen LogP contribution is -1.94. The van der Waals surface area contributed by atoms with E-state index in [-0.39, 0.29) is 6.61 Å². The molecule has 2 aromatic carbocycles. The van der Waals surface area contributed by atoms with Gasteiger partial charge >= 0.3 is 0 Å². The molecule has 3 aromatic rings. The normalized spacial score (nSPS) is 10.8. The number of halogens is 2. The fraction of sp³-hybridized carbons (Fsp3) is 0.0625. The van der Waals surface area contributed by atoms with Gasteiger partial charge in [-0.2, -0.15) is 5.10 Å². The fourth-order valence-corrected chi connectivity index (χ4v) is 2.70. The molecule has 3 rings (SSSR count). The summed E-state index contributed by atoms with van der Waals surface area (Å²) in [6.45, 7) is -0.105. The van der Waals surface area contributed by atoms with Gasteiger partial charge in [-0.15, -0.1) is 0 Å². The van der Waals surface area contributed by atoms with Crippen molar-refractivity contribution in [2.24, 2.45) is 0 Å². The molecule has 0 bridgehead atoms. The van der Waals surface area contributed by atoms with E-state index in [0.29, 0.717) is 15.7 Å². The number of aromatic nitrogens is 2. The molecule has 106 valence electrons. The highest BCUT2D eigenvalue weighted by atomic mass is 35.5. The van der Waals surface area contributed by atoms with E-state index in [1.54, 1.807) is 29.1 Å². The van der Waals surface area contributed by atoms with Gasteiger partial charge in [-0.1, -0.05) is 41.4 Å². The molecule has 1 N–H and O–H groups in total. The van der Waals surface area contributed by atoms with Gasteiger partial charge in [0.25, 0.3) is 0 Å². The molecule has 5 heteroatoms. The van der Waals surface area contributed by atoms with Crippen LogP contribution in [0.4, 0.5) is 0 Å². The largest absolute Gasteiger partial charge is 0.392 e. The Hall–Kier alpha value is -1.81. The Labute approximate surface area is 132 Å². The van der Waals surface area contributed by atoms with E-state index < -0.39 is 0 Å². The molecule has 0 spiro atoms. The standard InChI is InChI=1S/C16H12Cl2N2O/c17-13-6-11(7-14(18)8-13)16-12(10-21)9-20(19-16)15-4-2-1-3-5-15/h1-9,21H,10H2. The average Bonchev–Trinajstić information content (AvgIpc) is 2.91. The highest BCUT2D eigenvalue weighted by molar-refractivity contribution is 6.35. The van der Waals surface area contributed by atoms with Crippen molar-refractivity contribution in [1.29, 1.82) is 0 Å². The molecule has 3 nitrogen and oxygen atoms in total. The molecule has 0 aliphatic rings. The summed E-state index contributed by atoms with van der Waals surface area (Å²) in [7, 11) is 0. The second kappa shape index (κ2) is 5.90. The van der Waals surface area contributed by atoms with Crippen LogP contribution in [0.2, 0.25) is 10.0 Å². The Morgan fingerprint density at radius 3 is 2.29 bits per heavy atom. The van der Waals surface area contributed by atoms with E-state index in [4.69, 9.17) is 23.2 Å². The summed E-state index contributed by atoms with van der Waals surface area (Å²) in [5.74, 6) is 0. The molecule has 0 saturated carbocycles. The van der Waals surface area contributed by atoms with Crippen LogP contribution in [0.25, 0.3) is 16.9 Å². The van der Waals surface area contributed by atoms with Gasteiger partial charge in [-0.3, -0.25) is 0 Å². The third-order valence-corrected chi connectivity index (χ3v) is 3.55. The first kappa shape index (κ1) is 14.1. The lowest BCUT2D eigenvalue weighted by atomic mass is 10.1. The Morgan fingerprint density at radius 2 is 1.67 bits per heavy atom. The molecule has 0 aliphatic heterocycles. The Kier molecular flexibility index (Phi) is 3.97. The summed E-state index contributed by atoms with van der Waals surface area (Å²) in [6, 6.07) is 14.9. The van der Waals surface area contributed by atoms with Crippen molar-refractivity contribution in [2.75, 3.05) is 0 Å². The summed E-state index contributed by atoms with van der Waals surface area (Å²) < 4.78 is 1.73. The van der Waals surface area contributed by atoms with Crippen LogP contribution in [0, 0.1) is 0 Å². The zero-order valence-electron chi connectivity index (χ0n) is 11.0. The van der Waals surface area contributed by atoms with Gasteiger partial charge in [0.2, 0.25) is 0 Å². The van der Waals surface area contributed by atoms with Crippen molar-refractivity contribution in [3.63, 3.8) is 0 Å². The van der Waals surface area contributed by atoms with Gasteiger partial charge in [0.15, 0.2) is 0 Å². The predicted molar refractivity (Wildman–Crippen MR) is 84.9 cm³/mol. The Balaban J connectivity index is 2.12. The summed E-state index contributed by atoms with van der Waals surface area (Å²) >= 11 is 12.1. The summed E-state index contributed by atoms with van der Waals surface area (Å²) in [6.07, 6.45) is 1.81. The number of hydrogen-bond acceptors (Lipinski definition) is 2. The van der Waals surface area contributed by atoms with Crippen molar-refractivity contribution in [2.45, 2.75) is 6.61 Å². The minimum Gasteiger partial charge on any atom is -0.392 e. The molecule has 0 amide bonds. The van der Waals surface area contributed by atoms with Crippen molar-refractivity contribution < 1.29 is 5.11 Å². The topological polar surface area (TPSA) is 38.0 Å². The lowest BCUT2D eigenvalue weighted by Gasteiger charge is -2.02. The van der Waals surface area contributed by atoms with Crippen molar-refractivity contribution >= 4 is 23.2 Å². The zero-order chi connectivity index (χ0) is 14.8. The van der Waals surface area contributed by atoms with Crippen molar-refractivity contribution in [1.82, 2.24) is 9.78 Å². The number of nitrogens with zero attached hydrogens (tertiary/aromatic N) is 2. The monoisotopic (exact) mass is 318 g/mol. The number of hydrogen-bond donors (Lipinski definition) is 1. The Morgan fingerprint density at radius 1 is 1.00 bits per heavy atom. The van der Waals surface area contributed by atoms with Crippen LogP contribution in [-0.2, 0) is 6.61 Å². The zero-order valence-corrected chi connectivity index (χ0v) is 12.5. The van der Waals surface area contributed by atoms with Gasteiger partial charge in [0, 0.05) is 27.4 Å². The van der Waals surface area contributed by atoms with Gasteiger partial charge in [-0.05, 0) is 30.3 Å². The maximum Gasteiger partial charge on any atom is 0.0983 e. The quantitative estimate of drug-likeness (QED) is 0.780. The Bertz CT molecular complexity index is 749. The van der Waals surface area contributed by atoms with E-state index >= 15 is 0 Å². The molecule has 0 fully saturated rings. The highest BCUT2D eigenvalue weighted by Crippen LogP contribution is 2.29. The molecular formula is C16H12Cl2N2O. The van der Waals surface area contributed by atoms with Crippen LogP contribution in [0.15, 0.2) is 54.7 Å². The van der Waals surface area contributed by atoms with Gasteiger partial charge in [-0.25, -0.2) is 4.68 Å². The molecular weight excluding hydrogens is 307 g/mol. The van der Waals surface area contributed by atoms with E-state index in [1.807, 2.05) is 30.3 Å². The van der Waals surface area contributed by atoms with Crippen molar-refractivity contribution in [3.8, 4) is 16.9 Å². The van der Waals surface area contributed by atoms with Crippen LogP contribution in [0.3, 0.4) is 0 Å². The molecule has 0 unspecified atom stereocenters. The number of benzene rings is 2. The maximum absolute atomic E-state index is 9.56. The number of para-hydroxylation sites is 1.